The van der Waals surface area contributed by atoms with Gasteiger partial charge in [0.1, 0.15) is 12.1 Å². The summed E-state index contributed by atoms with van der Waals surface area (Å²) in [5, 5.41) is 8.14. The molecule has 0 aliphatic carbocycles. The van der Waals surface area contributed by atoms with Gasteiger partial charge in [-0.05, 0) is 37.5 Å². The van der Waals surface area contributed by atoms with Crippen LogP contribution in [0.1, 0.15) is 25.3 Å². The minimum absolute atomic E-state index is 0.0319. The van der Waals surface area contributed by atoms with Crippen molar-refractivity contribution in [2.75, 3.05) is 25.1 Å². The van der Waals surface area contributed by atoms with Gasteiger partial charge in [-0.3, -0.25) is 23.3 Å². The number of piperidine rings is 1. The summed E-state index contributed by atoms with van der Waals surface area (Å²) in [5.74, 6) is 5.73. The van der Waals surface area contributed by atoms with Crippen LogP contribution in [0.2, 0.25) is 0 Å². The van der Waals surface area contributed by atoms with E-state index < -0.39 is 23.8 Å². The molecule has 13 nitrogen and oxygen atoms in total. The van der Waals surface area contributed by atoms with Crippen LogP contribution in [0.5, 0.6) is 0 Å². The monoisotopic (exact) mass is 519 g/mol. The number of hydrogen-bond acceptors (Lipinski definition) is 9. The quantitative estimate of drug-likeness (QED) is 0.270. The molecular formula is C25H29N9O4. The van der Waals surface area contributed by atoms with Gasteiger partial charge >= 0.3 is 11.7 Å². The van der Waals surface area contributed by atoms with E-state index in [2.05, 4.69) is 22.2 Å². The summed E-state index contributed by atoms with van der Waals surface area (Å²) in [6.45, 7) is 2.72. The average molecular weight is 520 g/mol. The van der Waals surface area contributed by atoms with Crippen LogP contribution in [0.25, 0.3) is 22.2 Å². The molecule has 0 saturated carbocycles. The number of esters is 1. The van der Waals surface area contributed by atoms with Crippen molar-refractivity contribution in [3.05, 3.63) is 44.6 Å². The first-order valence-electron chi connectivity index (χ1n) is 12.3. The van der Waals surface area contributed by atoms with E-state index >= 15 is 0 Å². The predicted octanol–water partition coefficient (Wildman–Crippen LogP) is -0.186. The fourth-order valence-corrected chi connectivity index (χ4v) is 4.86. The van der Waals surface area contributed by atoms with E-state index in [0.29, 0.717) is 30.1 Å². The number of aryl methyl sites for hydroxylation is 1. The van der Waals surface area contributed by atoms with Gasteiger partial charge in [0.25, 0.3) is 5.56 Å². The third-order valence-corrected chi connectivity index (χ3v) is 6.78. The largest absolute Gasteiger partial charge is 0.468 e. The van der Waals surface area contributed by atoms with Crippen LogP contribution in [-0.4, -0.2) is 65.9 Å². The molecule has 0 spiro atoms. The summed E-state index contributed by atoms with van der Waals surface area (Å²) in [7, 11) is 3.03. The Morgan fingerprint density at radius 3 is 2.79 bits per heavy atom. The van der Waals surface area contributed by atoms with Crippen molar-refractivity contribution in [1.29, 1.82) is 0 Å². The van der Waals surface area contributed by atoms with Gasteiger partial charge < -0.3 is 15.4 Å². The van der Waals surface area contributed by atoms with Crippen LogP contribution < -0.4 is 21.9 Å². The van der Waals surface area contributed by atoms with Crippen molar-refractivity contribution in [1.82, 2.24) is 33.7 Å². The predicted molar refractivity (Wildman–Crippen MR) is 141 cm³/mol. The first-order valence-corrected chi connectivity index (χ1v) is 12.3. The molecule has 38 heavy (non-hydrogen) atoms. The molecule has 4 heterocycles. The van der Waals surface area contributed by atoms with Crippen molar-refractivity contribution >= 4 is 34.1 Å². The van der Waals surface area contributed by atoms with Gasteiger partial charge in [-0.1, -0.05) is 17.2 Å². The molecule has 2 N–H and O–H groups in total. The molecule has 13 heteroatoms. The lowest BCUT2D eigenvalue weighted by Crippen LogP contribution is -2.44. The molecule has 1 atom stereocenters. The van der Waals surface area contributed by atoms with E-state index in [9.17, 15) is 14.4 Å². The lowest BCUT2D eigenvalue weighted by Gasteiger charge is -2.31. The number of nitrogens with zero attached hydrogens (tertiary/aromatic N) is 8. The molecular weight excluding hydrogens is 490 g/mol. The molecule has 1 fully saturated rings. The number of methoxy groups -OCH3 is 1. The fourth-order valence-electron chi connectivity index (χ4n) is 4.86. The fraction of sp³-hybridized carbons (Fsp3) is 0.440. The van der Waals surface area contributed by atoms with Crippen molar-refractivity contribution in [2.45, 2.75) is 45.4 Å². The van der Waals surface area contributed by atoms with Crippen LogP contribution in [-0.2, 0) is 36.2 Å². The molecule has 1 aliphatic rings. The van der Waals surface area contributed by atoms with Crippen molar-refractivity contribution < 1.29 is 9.53 Å². The van der Waals surface area contributed by atoms with Gasteiger partial charge in [0.2, 0.25) is 5.95 Å². The molecule has 1 aliphatic heterocycles. The molecule has 1 unspecified atom stereocenters. The Labute approximate surface area is 217 Å². The lowest BCUT2D eigenvalue weighted by molar-refractivity contribution is -0.141. The Morgan fingerprint density at radius 2 is 2.05 bits per heavy atom. The van der Waals surface area contributed by atoms with E-state index in [0.717, 1.165) is 22.9 Å². The summed E-state index contributed by atoms with van der Waals surface area (Å²) in [6.07, 6.45) is 1.76. The standard InChI is InChI=1S/C25H29N9O4/c1-4-5-11-32-21-22(27-24(32)31-10-6-7-17(26)14-31)33(15-20(35)38-3)25(37)34(23(21)36)13-16-8-9-19-18(12-16)28-29-30(19)2/h8-9,12,17H,6-7,10-11,13-15,26H2,1-3H3. The van der Waals surface area contributed by atoms with Gasteiger partial charge in [0, 0.05) is 26.2 Å². The van der Waals surface area contributed by atoms with Gasteiger partial charge in [-0.2, -0.15) is 4.98 Å². The molecule has 198 valence electrons. The number of aromatic nitrogens is 7. The molecule has 0 bridgehead atoms. The highest BCUT2D eigenvalue weighted by Gasteiger charge is 2.27. The Hall–Kier alpha value is -4.44. The van der Waals surface area contributed by atoms with Gasteiger partial charge in [-0.25, -0.2) is 9.48 Å². The summed E-state index contributed by atoms with van der Waals surface area (Å²) in [4.78, 5) is 46.6. The van der Waals surface area contributed by atoms with Crippen LogP contribution >= 0.6 is 0 Å². The Bertz CT molecular complexity index is 1720. The first kappa shape index (κ1) is 25.2. The number of ether oxygens (including phenoxy) is 1. The highest BCUT2D eigenvalue weighted by Crippen LogP contribution is 2.23. The number of carbonyl (C=O) groups excluding carboxylic acids is 1. The summed E-state index contributed by atoms with van der Waals surface area (Å²) >= 11 is 0. The summed E-state index contributed by atoms with van der Waals surface area (Å²) < 4.78 is 10.5. The van der Waals surface area contributed by atoms with Crippen molar-refractivity contribution in [3.8, 4) is 11.8 Å². The molecule has 1 aromatic carbocycles. The zero-order valence-electron chi connectivity index (χ0n) is 21.5. The zero-order chi connectivity index (χ0) is 27.0. The number of rotatable bonds is 6. The number of hydrogen-bond donors (Lipinski definition) is 1. The number of benzene rings is 1. The average Bonchev–Trinajstić information content (AvgIpc) is 3.48. The van der Waals surface area contributed by atoms with Crippen LogP contribution in [0, 0.1) is 11.8 Å². The molecule has 0 amide bonds. The number of anilines is 1. The lowest BCUT2D eigenvalue weighted by atomic mass is 10.1. The second-order valence-corrected chi connectivity index (χ2v) is 9.32. The molecule has 3 aromatic heterocycles. The Balaban J connectivity index is 1.74. The second-order valence-electron chi connectivity index (χ2n) is 9.32. The molecule has 0 radical (unpaired) electrons. The van der Waals surface area contributed by atoms with Gasteiger partial charge in [0.05, 0.1) is 25.7 Å². The molecule has 4 aromatic rings. The van der Waals surface area contributed by atoms with Gasteiger partial charge in [0.15, 0.2) is 11.2 Å². The van der Waals surface area contributed by atoms with Gasteiger partial charge in [-0.15, -0.1) is 11.0 Å². The maximum absolute atomic E-state index is 13.9. The smallest absolute Gasteiger partial charge is 0.333 e. The van der Waals surface area contributed by atoms with Crippen LogP contribution in [0.15, 0.2) is 27.8 Å². The number of carbonyl (C=O) groups is 1. The number of fused-ring (bicyclic) bond motifs is 2. The van der Waals surface area contributed by atoms with Crippen LogP contribution in [0.3, 0.4) is 0 Å². The van der Waals surface area contributed by atoms with E-state index in [4.69, 9.17) is 15.5 Å². The zero-order valence-corrected chi connectivity index (χ0v) is 21.5. The van der Waals surface area contributed by atoms with Crippen LogP contribution in [0.4, 0.5) is 5.95 Å². The highest BCUT2D eigenvalue weighted by molar-refractivity contribution is 5.78. The summed E-state index contributed by atoms with van der Waals surface area (Å²) in [5.41, 5.74) is 7.47. The van der Waals surface area contributed by atoms with E-state index in [-0.39, 0.29) is 30.3 Å². The SMILES string of the molecule is CC#CCn1c(N2CCCC(N)C2)nc2c1c(=O)n(Cc1ccc3c(c1)nnn3C)c(=O)n2CC(=O)OC. The van der Waals surface area contributed by atoms with E-state index in [1.807, 2.05) is 17.0 Å². The van der Waals surface area contributed by atoms with Crippen molar-refractivity contribution in [3.63, 3.8) is 0 Å². The number of imidazole rings is 1. The molecule has 5 rings (SSSR count). The molecule has 1 saturated heterocycles. The van der Waals surface area contributed by atoms with E-state index in [1.54, 1.807) is 29.3 Å². The second kappa shape index (κ2) is 10.1. The maximum Gasteiger partial charge on any atom is 0.333 e. The van der Waals surface area contributed by atoms with Crippen molar-refractivity contribution in [2.24, 2.45) is 12.8 Å². The third-order valence-electron chi connectivity index (χ3n) is 6.78. The summed E-state index contributed by atoms with van der Waals surface area (Å²) in [6, 6.07) is 5.38. The number of nitrogens with two attached hydrogens (primary N) is 1. The maximum atomic E-state index is 13.9. The minimum atomic E-state index is -0.666. The Morgan fingerprint density at radius 1 is 1.24 bits per heavy atom. The topological polar surface area (TPSA) is 148 Å². The first-order chi connectivity index (χ1) is 18.3. The minimum Gasteiger partial charge on any atom is -0.468 e. The van der Waals surface area contributed by atoms with E-state index in [1.165, 1.54) is 11.7 Å². The Kier molecular flexibility index (Phi) is 6.73. The highest BCUT2D eigenvalue weighted by atomic mass is 16.5. The normalized spacial score (nSPS) is 15.6. The third kappa shape index (κ3) is 4.43.